The number of carbonyl (C=O) groups is 6. The summed E-state index contributed by atoms with van der Waals surface area (Å²) in [5, 5.41) is 22.4. The SMILES string of the molecule is Nc1ncnc2c1ncn2[C@@H]1O[C@@H]2COP(=O)(S)O[C@@H]3C(O)[C@@H](COP(O)(=S)O[C@H]2[C@H]1O)O[C@H]3n1cnc2c(N)ccnc21.O=C1[C@H]2CSC3(C(=O)c4ccccc4C3=O)N2C(=O)[C@H]2CSC3(C(=O)c4ccccc4C3=O)N12. The van der Waals surface area contributed by atoms with Gasteiger partial charge in [0.1, 0.15) is 66.1 Å². The maximum absolute atomic E-state index is 13.8. The normalized spacial score (nSPS) is 33.6. The van der Waals surface area contributed by atoms with Crippen molar-refractivity contribution in [2.24, 2.45) is 0 Å². The molecule has 27 nitrogen and oxygen atoms in total. The van der Waals surface area contributed by atoms with Gasteiger partial charge in [-0.2, -0.15) is 0 Å². The average molecular weight is 1180 g/mol. The van der Waals surface area contributed by atoms with E-state index in [9.17, 15) is 48.4 Å². The quantitative estimate of drug-likeness (QED) is 0.0812. The number of anilines is 2. The van der Waals surface area contributed by atoms with Crippen molar-refractivity contribution in [3.63, 3.8) is 0 Å². The number of aromatic nitrogens is 7. The Balaban J connectivity index is 0.000000153. The summed E-state index contributed by atoms with van der Waals surface area (Å²) in [5.74, 6) is -3.02. The highest BCUT2D eigenvalue weighted by Crippen LogP contribution is 2.59. The number of nitrogens with zero attached hydrogens (tertiary/aromatic N) is 9. The van der Waals surface area contributed by atoms with Gasteiger partial charge in [0.25, 0.3) is 0 Å². The molecule has 12 atom stereocenters. The number of ether oxygens (including phenoxy) is 2. The van der Waals surface area contributed by atoms with E-state index in [0.29, 0.717) is 16.9 Å². The second-order valence-electron chi connectivity index (χ2n) is 18.9. The zero-order valence-electron chi connectivity index (χ0n) is 39.5. The van der Waals surface area contributed by atoms with Crippen LogP contribution in [0, 0.1) is 0 Å². The molecule has 6 aliphatic heterocycles. The van der Waals surface area contributed by atoms with Gasteiger partial charge in [0.05, 0.1) is 31.6 Å². The molecule has 14 rings (SSSR count). The van der Waals surface area contributed by atoms with Crippen LogP contribution >= 0.6 is 49.3 Å². The minimum atomic E-state index is -4.29. The number of aliphatic hydroxyl groups is 2. The predicted octanol–water partition coefficient (Wildman–Crippen LogP) is 1.46. The van der Waals surface area contributed by atoms with Gasteiger partial charge in [-0.15, -0.1) is 23.5 Å². The maximum atomic E-state index is 13.8. The Labute approximate surface area is 456 Å². The van der Waals surface area contributed by atoms with Crippen molar-refractivity contribution >= 4 is 130 Å². The first-order valence-electron chi connectivity index (χ1n) is 23.6. The van der Waals surface area contributed by atoms with Crippen LogP contribution in [0.5, 0.6) is 0 Å². The van der Waals surface area contributed by atoms with E-state index < -0.39 is 133 Å². The van der Waals surface area contributed by atoms with Gasteiger partial charge in [0.2, 0.25) is 44.7 Å². The highest BCUT2D eigenvalue weighted by atomic mass is 32.7. The number of benzene rings is 2. The zero-order chi connectivity index (χ0) is 54.5. The predicted molar refractivity (Wildman–Crippen MR) is 278 cm³/mol. The largest absolute Gasteiger partial charge is 0.397 e. The minimum Gasteiger partial charge on any atom is -0.397 e. The molecule has 7 N–H and O–H groups in total. The van der Waals surface area contributed by atoms with Crippen LogP contribution < -0.4 is 11.5 Å². The fourth-order valence-electron chi connectivity index (χ4n) is 11.1. The topological polar surface area (TPSA) is 368 Å². The van der Waals surface area contributed by atoms with Gasteiger partial charge in [-0.1, -0.05) is 60.8 Å². The first-order chi connectivity index (χ1) is 37.3. The van der Waals surface area contributed by atoms with Crippen LogP contribution in [-0.4, -0.2) is 177 Å². The molecule has 2 aromatic carbocycles. The molecule has 2 spiro atoms. The Morgan fingerprint density at radius 3 is 1.74 bits per heavy atom. The first-order valence-corrected chi connectivity index (χ1v) is 30.8. The second kappa shape index (κ2) is 18.5. The van der Waals surface area contributed by atoms with Crippen LogP contribution in [0.4, 0.5) is 11.5 Å². The van der Waals surface area contributed by atoms with Crippen molar-refractivity contribution in [3.05, 3.63) is 102 Å². The van der Waals surface area contributed by atoms with Crippen molar-refractivity contribution in [1.29, 1.82) is 0 Å². The van der Waals surface area contributed by atoms with Gasteiger partial charge in [-0.3, -0.25) is 61.3 Å². The second-order valence-corrected chi connectivity index (χ2v) is 26.9. The number of aliphatic hydroxyl groups excluding tert-OH is 2. The Bertz CT molecular complexity index is 3570. The summed E-state index contributed by atoms with van der Waals surface area (Å²) >= 11 is 11.3. The molecular formula is C45H39N11O16P2S4. The molecule has 6 saturated heterocycles. The number of imidazole rings is 2. The highest BCUT2D eigenvalue weighted by molar-refractivity contribution is 8.44. The smallest absolute Gasteiger partial charge is 0.386 e. The van der Waals surface area contributed by atoms with Crippen LogP contribution in [-0.2, 0) is 53.5 Å². The average Bonchev–Trinajstić information content (AvgIpc) is 3.35. The lowest BCUT2D eigenvalue weighted by Gasteiger charge is -2.45. The van der Waals surface area contributed by atoms with Gasteiger partial charge >= 0.3 is 13.5 Å². The van der Waals surface area contributed by atoms with Gasteiger partial charge < -0.3 is 40.6 Å². The van der Waals surface area contributed by atoms with Gasteiger partial charge in [-0.05, 0) is 17.9 Å². The minimum absolute atomic E-state index is 0.0232. The van der Waals surface area contributed by atoms with Crippen molar-refractivity contribution < 1.29 is 76.0 Å². The number of ketones is 4. The summed E-state index contributed by atoms with van der Waals surface area (Å²) in [7, 11) is 0. The van der Waals surface area contributed by atoms with Crippen molar-refractivity contribution in [3.8, 4) is 0 Å². The fraction of sp³-hybridized carbons (Fsp3) is 0.356. The molecule has 404 valence electrons. The zero-order valence-corrected chi connectivity index (χ0v) is 44.6. The Morgan fingerprint density at radius 2 is 1.17 bits per heavy atom. The molecular weight excluding hydrogens is 1140 g/mol. The van der Waals surface area contributed by atoms with Crippen molar-refractivity contribution in [2.45, 2.75) is 70.9 Å². The lowest BCUT2D eigenvalue weighted by molar-refractivity contribution is -0.160. The van der Waals surface area contributed by atoms with Gasteiger partial charge in [-0.25, -0.2) is 29.5 Å². The van der Waals surface area contributed by atoms with E-state index in [1.165, 1.54) is 34.3 Å². The number of hydrogen-bond donors (Lipinski definition) is 6. The molecule has 0 radical (unpaired) electrons. The van der Waals surface area contributed by atoms with Crippen molar-refractivity contribution in [2.75, 3.05) is 36.2 Å². The van der Waals surface area contributed by atoms with Crippen molar-refractivity contribution in [1.82, 2.24) is 43.9 Å². The molecule has 2 bridgehead atoms. The number of fused-ring (bicyclic) bond motifs is 11. The number of thiol groups is 1. The Morgan fingerprint density at radius 1 is 0.654 bits per heavy atom. The summed E-state index contributed by atoms with van der Waals surface area (Å²) < 4.78 is 51.0. The monoisotopic (exact) mass is 1180 g/mol. The fourth-order valence-corrected chi connectivity index (χ4v) is 17.1. The third-order valence-electron chi connectivity index (χ3n) is 14.7. The summed E-state index contributed by atoms with van der Waals surface area (Å²) in [5.41, 5.74) is 14.3. The summed E-state index contributed by atoms with van der Waals surface area (Å²) in [6.07, 6.45) is -5.00. The van der Waals surface area contributed by atoms with E-state index in [1.54, 1.807) is 54.6 Å². The molecule has 0 saturated carbocycles. The summed E-state index contributed by atoms with van der Waals surface area (Å²) in [4.78, 5) is 112. The van der Waals surface area contributed by atoms with E-state index >= 15 is 0 Å². The van der Waals surface area contributed by atoms with Gasteiger partial charge in [0.15, 0.2) is 29.6 Å². The highest BCUT2D eigenvalue weighted by Gasteiger charge is 2.74. The summed E-state index contributed by atoms with van der Waals surface area (Å²) in [6.45, 7) is -9.43. The number of piperazine rings is 1. The van der Waals surface area contributed by atoms with Crippen LogP contribution in [0.3, 0.4) is 0 Å². The number of hydrogen-bond acceptors (Lipinski definition) is 25. The number of pyridine rings is 1. The van der Waals surface area contributed by atoms with E-state index in [0.717, 1.165) is 33.3 Å². The molecule has 6 aromatic rings. The number of nitrogens with two attached hydrogens (primary N) is 2. The van der Waals surface area contributed by atoms with Crippen LogP contribution in [0.2, 0.25) is 0 Å². The molecule has 10 heterocycles. The molecule has 6 fully saturated rings. The standard InChI is InChI=1S/C24H14N2O6S2.C21H25N9O10P2S2/c27-17-11-5-1-2-6-12(11)18(28)23(17)25-15(9-33-23)22(32)26-16(21(25)31)10-34-24(26)19(29)13-7-3-4-8-14(13)20(24)30;22-8-1-2-24-18-11(8)27-6-30(18)21-16-13(31)9(37-21)3-35-41(33,43)39-15-10(4-36-42(34,44)40-16)38-20(14(15)32)29-7-28-12-17(23)25-5-26-19(12)29/h1-8,15-16H,9-10H2;1-2,5-7,9-10,13-16,20-21,31-32H,3-4H2,(H2,22,24)(H,33,43)(H,34,44)(H2,23,25,26)/t15-,16-;9-,10-,13?,14-,15-,16-,20-,21-,41?,42?/m11/s1. The first kappa shape index (κ1) is 51.8. The molecule has 33 heteroatoms. The Hall–Kier alpha value is -5.60. The molecule has 8 aliphatic rings. The molecule has 78 heavy (non-hydrogen) atoms. The number of thioether (sulfide) groups is 2. The third-order valence-corrected chi connectivity index (χ3v) is 20.8. The number of carbonyl (C=O) groups excluding carboxylic acids is 6. The van der Waals surface area contributed by atoms with E-state index in [2.05, 4.69) is 37.2 Å². The molecule has 4 aromatic heterocycles. The lowest BCUT2D eigenvalue weighted by Crippen LogP contribution is -2.72. The van der Waals surface area contributed by atoms with Crippen LogP contribution in [0.1, 0.15) is 53.9 Å². The number of rotatable bonds is 2. The number of nitrogen functional groups attached to an aromatic ring is 2. The van der Waals surface area contributed by atoms with Crippen LogP contribution in [0.15, 0.2) is 79.8 Å². The molecule has 3 unspecified atom stereocenters. The van der Waals surface area contributed by atoms with E-state index in [1.807, 2.05) is 0 Å². The molecule has 2 aliphatic carbocycles. The number of Topliss-reactive ketones (excluding diaryl/α,β-unsaturated/α-hetero) is 4. The number of amides is 2. The summed E-state index contributed by atoms with van der Waals surface area (Å²) in [6, 6.07) is 12.1. The van der Waals surface area contributed by atoms with Crippen LogP contribution in [0.25, 0.3) is 22.3 Å². The van der Waals surface area contributed by atoms with E-state index in [-0.39, 0.29) is 50.7 Å². The lowest BCUT2D eigenvalue weighted by atomic mass is 9.97. The molecule has 2 amide bonds. The van der Waals surface area contributed by atoms with E-state index in [4.69, 9.17) is 50.8 Å². The van der Waals surface area contributed by atoms with Gasteiger partial charge in [0, 0.05) is 40.0 Å². The Kier molecular flexibility index (Phi) is 12.3. The maximum Gasteiger partial charge on any atom is 0.386 e. The third kappa shape index (κ3) is 7.52.